The molecule has 1 aromatic rings. The summed E-state index contributed by atoms with van der Waals surface area (Å²) in [6.45, 7) is 5.13. The Balaban J connectivity index is 3.12. The van der Waals surface area contributed by atoms with Crippen LogP contribution in [0.1, 0.15) is 31.9 Å². The molecule has 0 heterocycles. The van der Waals surface area contributed by atoms with E-state index in [-0.39, 0.29) is 6.61 Å². The summed E-state index contributed by atoms with van der Waals surface area (Å²) >= 11 is 3.35. The molecule has 0 bridgehead atoms. The third-order valence-corrected chi connectivity index (χ3v) is 5.38. The van der Waals surface area contributed by atoms with Crippen LogP contribution in [0.15, 0.2) is 24.3 Å². The lowest BCUT2D eigenvalue weighted by molar-refractivity contribution is 0.320. The number of hydrogen-bond donors (Lipinski definition) is 0. The molecule has 0 amide bonds. The van der Waals surface area contributed by atoms with Crippen molar-refractivity contribution in [1.82, 2.24) is 0 Å². The second kappa shape index (κ2) is 5.50. The van der Waals surface area contributed by atoms with Crippen molar-refractivity contribution in [2.45, 2.75) is 30.8 Å². The number of alkyl halides is 1. The highest BCUT2D eigenvalue weighted by molar-refractivity contribution is 9.08. The van der Waals surface area contributed by atoms with Gasteiger partial charge in [-0.15, -0.1) is 0 Å². The van der Waals surface area contributed by atoms with E-state index in [0.29, 0.717) is 0 Å². The van der Waals surface area contributed by atoms with Gasteiger partial charge in [0.15, 0.2) is 0 Å². The summed E-state index contributed by atoms with van der Waals surface area (Å²) in [7, 11) is -3.59. The van der Waals surface area contributed by atoms with Crippen molar-refractivity contribution < 1.29 is 12.6 Å². The van der Waals surface area contributed by atoms with Crippen LogP contribution in [0.2, 0.25) is 0 Å². The molecule has 96 valence electrons. The summed E-state index contributed by atoms with van der Waals surface area (Å²) in [5, 5.41) is 0.756. The van der Waals surface area contributed by atoms with Gasteiger partial charge in [-0.3, -0.25) is 4.18 Å². The summed E-state index contributed by atoms with van der Waals surface area (Å²) in [5.74, 6) is 0. The zero-order chi connectivity index (χ0) is 13.1. The summed E-state index contributed by atoms with van der Waals surface area (Å²) < 4.78 is 27.8. The van der Waals surface area contributed by atoms with E-state index in [4.69, 9.17) is 4.18 Å². The number of rotatable bonds is 5. The minimum Gasteiger partial charge on any atom is -0.270 e. The fraction of sp³-hybridized carbons (Fsp3) is 0.500. The molecule has 0 saturated heterocycles. The number of halogens is 1. The molecule has 3 nitrogen and oxygen atoms in total. The van der Waals surface area contributed by atoms with Gasteiger partial charge < -0.3 is 0 Å². The maximum Gasteiger partial charge on any atom is 0.276 e. The molecule has 1 rings (SSSR count). The molecule has 0 saturated carbocycles. The quantitative estimate of drug-likeness (QED) is 0.618. The molecule has 0 unspecified atom stereocenters. The van der Waals surface area contributed by atoms with E-state index in [1.54, 1.807) is 20.8 Å². The normalized spacial score (nSPS) is 12.7. The number of benzene rings is 1. The third kappa shape index (κ3) is 3.09. The minimum atomic E-state index is -3.59. The van der Waals surface area contributed by atoms with Gasteiger partial charge in [0.05, 0.1) is 6.61 Å². The van der Waals surface area contributed by atoms with Gasteiger partial charge in [-0.1, -0.05) is 40.2 Å². The van der Waals surface area contributed by atoms with Gasteiger partial charge in [0, 0.05) is 5.33 Å². The predicted octanol–water partition coefficient (Wildman–Crippen LogP) is 3.18. The maximum absolute atomic E-state index is 12.0. The van der Waals surface area contributed by atoms with E-state index in [1.807, 2.05) is 24.3 Å². The van der Waals surface area contributed by atoms with Crippen LogP contribution in [0, 0.1) is 0 Å². The molecular weight excluding hydrogens is 304 g/mol. The van der Waals surface area contributed by atoms with Crippen LogP contribution >= 0.6 is 15.9 Å². The van der Waals surface area contributed by atoms with E-state index in [2.05, 4.69) is 15.9 Å². The van der Waals surface area contributed by atoms with Crippen LogP contribution in [0.3, 0.4) is 0 Å². The molecule has 0 atom stereocenters. The van der Waals surface area contributed by atoms with Gasteiger partial charge >= 0.3 is 0 Å². The lowest BCUT2D eigenvalue weighted by Gasteiger charge is -2.24. The molecule has 0 aliphatic heterocycles. The van der Waals surface area contributed by atoms with Crippen molar-refractivity contribution in [1.29, 1.82) is 0 Å². The number of hydrogen-bond acceptors (Lipinski definition) is 3. The lowest BCUT2D eigenvalue weighted by atomic mass is 10.0. The fourth-order valence-corrected chi connectivity index (χ4v) is 2.85. The van der Waals surface area contributed by atoms with Gasteiger partial charge in [0.2, 0.25) is 0 Å². The van der Waals surface area contributed by atoms with Gasteiger partial charge in [0.25, 0.3) is 10.1 Å². The van der Waals surface area contributed by atoms with Crippen molar-refractivity contribution in [3.05, 3.63) is 35.4 Å². The van der Waals surface area contributed by atoms with Crippen molar-refractivity contribution in [3.63, 3.8) is 0 Å². The second-order valence-electron chi connectivity index (χ2n) is 4.20. The first-order chi connectivity index (χ1) is 7.85. The fourth-order valence-electron chi connectivity index (χ4n) is 1.44. The monoisotopic (exact) mass is 320 g/mol. The first kappa shape index (κ1) is 14.7. The summed E-state index contributed by atoms with van der Waals surface area (Å²) in [4.78, 5) is 0. The first-order valence-electron chi connectivity index (χ1n) is 5.39. The summed E-state index contributed by atoms with van der Waals surface area (Å²) in [5.41, 5.74) is 1.84. The molecule has 0 aliphatic rings. The van der Waals surface area contributed by atoms with E-state index in [9.17, 15) is 8.42 Å². The lowest BCUT2D eigenvalue weighted by Crippen LogP contribution is -2.31. The van der Waals surface area contributed by atoms with Crippen LogP contribution in [-0.4, -0.2) is 15.0 Å². The van der Waals surface area contributed by atoms with E-state index < -0.39 is 14.9 Å². The van der Waals surface area contributed by atoms with Crippen LogP contribution < -0.4 is 0 Å². The topological polar surface area (TPSA) is 43.4 Å². The Labute approximate surface area is 111 Å². The van der Waals surface area contributed by atoms with Crippen molar-refractivity contribution in [3.8, 4) is 0 Å². The van der Waals surface area contributed by atoms with E-state index >= 15 is 0 Å². The van der Waals surface area contributed by atoms with Crippen molar-refractivity contribution in [2.24, 2.45) is 0 Å². The highest BCUT2D eigenvalue weighted by Gasteiger charge is 2.36. The Hall–Kier alpha value is -0.390. The Morgan fingerprint density at radius 3 is 2.18 bits per heavy atom. The molecule has 17 heavy (non-hydrogen) atoms. The minimum absolute atomic E-state index is 0.158. The Morgan fingerprint density at radius 1 is 1.24 bits per heavy atom. The SMILES string of the molecule is CCOS(=O)(=O)C(C)(C)c1ccc(CBr)cc1. The summed E-state index contributed by atoms with van der Waals surface area (Å²) in [6.07, 6.45) is 0. The van der Waals surface area contributed by atoms with Gasteiger partial charge in [-0.25, -0.2) is 0 Å². The van der Waals surface area contributed by atoms with E-state index in [1.165, 1.54) is 0 Å². The van der Waals surface area contributed by atoms with Gasteiger partial charge in [-0.05, 0) is 31.9 Å². The smallest absolute Gasteiger partial charge is 0.270 e. The van der Waals surface area contributed by atoms with Gasteiger partial charge in [-0.2, -0.15) is 8.42 Å². The molecule has 0 spiro atoms. The highest BCUT2D eigenvalue weighted by Crippen LogP contribution is 2.31. The second-order valence-corrected chi connectivity index (χ2v) is 6.93. The largest absolute Gasteiger partial charge is 0.276 e. The summed E-state index contributed by atoms with van der Waals surface area (Å²) in [6, 6.07) is 7.47. The van der Waals surface area contributed by atoms with E-state index in [0.717, 1.165) is 16.5 Å². The average Bonchev–Trinajstić information content (AvgIpc) is 2.29. The molecule has 0 fully saturated rings. The molecule has 0 N–H and O–H groups in total. The van der Waals surface area contributed by atoms with Crippen LogP contribution in [0.25, 0.3) is 0 Å². The molecular formula is C12H17BrO3S. The predicted molar refractivity (Wildman–Crippen MR) is 72.6 cm³/mol. The Bertz CT molecular complexity index is 463. The standard InChI is InChI=1S/C12H17BrO3S/c1-4-16-17(14,15)12(2,3)11-7-5-10(9-13)6-8-11/h5-8H,4,9H2,1-3H3. The zero-order valence-corrected chi connectivity index (χ0v) is 12.6. The highest BCUT2D eigenvalue weighted by atomic mass is 79.9. The van der Waals surface area contributed by atoms with Crippen molar-refractivity contribution >= 4 is 26.0 Å². The van der Waals surface area contributed by atoms with Crippen molar-refractivity contribution in [2.75, 3.05) is 6.61 Å². The molecule has 0 aliphatic carbocycles. The van der Waals surface area contributed by atoms with Crippen LogP contribution in [0.4, 0.5) is 0 Å². The molecule has 0 radical (unpaired) electrons. The Kier molecular flexibility index (Phi) is 4.75. The molecule has 0 aromatic heterocycles. The first-order valence-corrected chi connectivity index (χ1v) is 7.92. The molecule has 1 aromatic carbocycles. The third-order valence-electron chi connectivity index (χ3n) is 2.70. The molecule has 5 heteroatoms. The van der Waals surface area contributed by atoms with Gasteiger partial charge in [0.1, 0.15) is 4.75 Å². The maximum atomic E-state index is 12.0. The van der Waals surface area contributed by atoms with Crippen LogP contribution in [0.5, 0.6) is 0 Å². The zero-order valence-electron chi connectivity index (χ0n) is 10.2. The Morgan fingerprint density at radius 2 is 1.76 bits per heavy atom. The average molecular weight is 321 g/mol. The van der Waals surface area contributed by atoms with Crippen LogP contribution in [-0.2, 0) is 24.4 Å².